The highest BCUT2D eigenvalue weighted by Gasteiger charge is 2.41. The third kappa shape index (κ3) is 4.74. The van der Waals surface area contributed by atoms with E-state index in [0.717, 1.165) is 58.2 Å². The van der Waals surface area contributed by atoms with Gasteiger partial charge in [-0.25, -0.2) is 4.79 Å². The molecule has 1 saturated carbocycles. The van der Waals surface area contributed by atoms with Crippen molar-refractivity contribution in [1.82, 2.24) is 20.1 Å². The van der Waals surface area contributed by atoms with Crippen molar-refractivity contribution in [1.29, 1.82) is 0 Å². The molecule has 1 amide bonds. The van der Waals surface area contributed by atoms with Gasteiger partial charge in [0.05, 0.1) is 34.3 Å². The van der Waals surface area contributed by atoms with E-state index >= 15 is 0 Å². The summed E-state index contributed by atoms with van der Waals surface area (Å²) in [6.07, 6.45) is 6.27. The summed E-state index contributed by atoms with van der Waals surface area (Å²) in [5.74, 6) is 0. The number of amides is 1. The van der Waals surface area contributed by atoms with Crippen LogP contribution < -0.4 is 14.5 Å². The largest absolute Gasteiger partial charge is 0.473 e. The van der Waals surface area contributed by atoms with E-state index in [2.05, 4.69) is 35.6 Å². The van der Waals surface area contributed by atoms with Gasteiger partial charge in [-0.2, -0.15) is 4.40 Å². The van der Waals surface area contributed by atoms with Gasteiger partial charge in [0.25, 0.3) is 5.65 Å². The van der Waals surface area contributed by atoms with Gasteiger partial charge in [-0.05, 0) is 82.3 Å². The average molecular weight is 537 g/mol. The minimum atomic E-state index is -0.548. The number of hydrogen-bond donors (Lipinski definition) is 1. The second-order valence-electron chi connectivity index (χ2n) is 11.3. The second kappa shape index (κ2) is 9.93. The number of alkyl carbamates (subject to hydrolysis) is 1. The van der Waals surface area contributed by atoms with Crippen molar-refractivity contribution in [2.24, 2.45) is 0 Å². The van der Waals surface area contributed by atoms with Crippen LogP contribution in [0, 0.1) is 0 Å². The molecule has 8 nitrogen and oxygen atoms in total. The minimum Gasteiger partial charge on any atom is -0.444 e. The number of ether oxygens (including phenoxy) is 2. The Balaban J connectivity index is 1.43. The number of pyridine rings is 2. The van der Waals surface area contributed by atoms with Gasteiger partial charge in [0, 0.05) is 11.8 Å². The number of nitrogens with one attached hydrogen (secondary N) is 1. The minimum absolute atomic E-state index is 0.389. The highest BCUT2D eigenvalue weighted by atomic mass is 16.6. The molecule has 1 fully saturated rings. The molecule has 204 valence electrons. The van der Waals surface area contributed by atoms with Crippen molar-refractivity contribution < 1.29 is 18.7 Å². The summed E-state index contributed by atoms with van der Waals surface area (Å²) in [6.45, 7) is 8.07. The predicted molar refractivity (Wildman–Crippen MR) is 154 cm³/mol. The summed E-state index contributed by atoms with van der Waals surface area (Å²) in [7, 11) is 0. The summed E-state index contributed by atoms with van der Waals surface area (Å²) < 4.78 is 15.3. The van der Waals surface area contributed by atoms with E-state index in [1.165, 1.54) is 0 Å². The molecule has 0 aliphatic heterocycles. The van der Waals surface area contributed by atoms with Gasteiger partial charge < -0.3 is 14.8 Å². The van der Waals surface area contributed by atoms with Crippen LogP contribution in [0.4, 0.5) is 4.79 Å². The monoisotopic (exact) mass is 536 g/mol. The molecule has 0 unspecified atom stereocenters. The number of carbonyl (C=O) groups excluding carboxylic acids is 1. The van der Waals surface area contributed by atoms with Crippen LogP contribution in [0.25, 0.3) is 33.4 Å². The van der Waals surface area contributed by atoms with Gasteiger partial charge in [0.15, 0.2) is 0 Å². The fraction of sp³-hybridized carbons (Fsp3) is 0.312. The topological polar surface area (TPSA) is 82.4 Å². The zero-order chi connectivity index (χ0) is 27.9. The van der Waals surface area contributed by atoms with Crippen molar-refractivity contribution in [2.45, 2.75) is 58.1 Å². The van der Waals surface area contributed by atoms with Crippen molar-refractivity contribution in [3.63, 3.8) is 0 Å². The van der Waals surface area contributed by atoms with Crippen molar-refractivity contribution in [2.75, 3.05) is 6.61 Å². The number of carbonyl (C=O) groups is 1. The van der Waals surface area contributed by atoms with Crippen molar-refractivity contribution in [3.05, 3.63) is 84.7 Å². The van der Waals surface area contributed by atoms with Crippen molar-refractivity contribution >= 4 is 22.6 Å². The van der Waals surface area contributed by atoms with E-state index in [-0.39, 0.29) is 6.09 Å². The van der Waals surface area contributed by atoms with Crippen molar-refractivity contribution in [3.8, 4) is 22.8 Å². The Morgan fingerprint density at radius 1 is 1.05 bits per heavy atom. The lowest BCUT2D eigenvalue weighted by molar-refractivity contribution is -0.521. The van der Waals surface area contributed by atoms with Crippen LogP contribution in [0.3, 0.4) is 0 Å². The molecular formula is C32H34N5O3+. The molecular weight excluding hydrogens is 502 g/mol. The Morgan fingerprint density at radius 2 is 1.80 bits per heavy atom. The summed E-state index contributed by atoms with van der Waals surface area (Å²) in [4.78, 5) is 17.4. The van der Waals surface area contributed by atoms with E-state index in [1.54, 1.807) is 0 Å². The Morgan fingerprint density at radius 3 is 2.45 bits per heavy atom. The van der Waals surface area contributed by atoms with Crippen LogP contribution in [-0.4, -0.2) is 33.1 Å². The van der Waals surface area contributed by atoms with Gasteiger partial charge >= 0.3 is 12.1 Å². The predicted octanol–water partition coefficient (Wildman–Crippen LogP) is 6.13. The highest BCUT2D eigenvalue weighted by molar-refractivity contribution is 5.92. The molecule has 2 aromatic carbocycles. The summed E-state index contributed by atoms with van der Waals surface area (Å²) in [6, 6.07) is 23.1. The van der Waals surface area contributed by atoms with E-state index in [9.17, 15) is 4.79 Å². The zero-order valence-corrected chi connectivity index (χ0v) is 23.3. The molecule has 40 heavy (non-hydrogen) atoms. The second-order valence-corrected chi connectivity index (χ2v) is 11.3. The van der Waals surface area contributed by atoms with E-state index < -0.39 is 11.1 Å². The maximum absolute atomic E-state index is 12.6. The van der Waals surface area contributed by atoms with E-state index in [1.807, 2.05) is 85.6 Å². The Hall–Kier alpha value is -4.46. The molecule has 5 aromatic rings. The van der Waals surface area contributed by atoms with Gasteiger partial charge in [0.2, 0.25) is 0 Å². The highest BCUT2D eigenvalue weighted by Crippen LogP contribution is 2.42. The third-order valence-electron chi connectivity index (χ3n) is 7.35. The molecule has 0 atom stereocenters. The van der Waals surface area contributed by atoms with Crippen LogP contribution in [0.2, 0.25) is 0 Å². The number of rotatable bonds is 6. The number of hydrogen-bond acceptors (Lipinski definition) is 5. The van der Waals surface area contributed by atoms with E-state index in [0.29, 0.717) is 12.6 Å². The summed E-state index contributed by atoms with van der Waals surface area (Å²) in [5.41, 5.74) is 4.84. The fourth-order valence-corrected chi connectivity index (χ4v) is 5.32. The third-order valence-corrected chi connectivity index (χ3v) is 7.35. The first-order valence-electron chi connectivity index (χ1n) is 13.8. The van der Waals surface area contributed by atoms with E-state index in [4.69, 9.17) is 19.6 Å². The molecule has 1 aliphatic rings. The van der Waals surface area contributed by atoms with Crippen LogP contribution in [0.5, 0.6) is 6.01 Å². The molecule has 3 heterocycles. The molecule has 8 heteroatoms. The lowest BCUT2D eigenvalue weighted by atomic mass is 9.72. The maximum atomic E-state index is 12.6. The number of aromatic nitrogens is 4. The Bertz CT molecular complexity index is 1680. The Kier molecular flexibility index (Phi) is 6.41. The number of benzene rings is 2. The first kappa shape index (κ1) is 25.8. The quantitative estimate of drug-likeness (QED) is 0.264. The molecule has 0 spiro atoms. The lowest BCUT2D eigenvalue weighted by Crippen LogP contribution is -2.52. The summed E-state index contributed by atoms with van der Waals surface area (Å²) in [5, 5.41) is 8.96. The fourth-order valence-electron chi connectivity index (χ4n) is 5.32. The van der Waals surface area contributed by atoms with Crippen LogP contribution in [-0.2, 0) is 10.3 Å². The molecule has 0 saturated heterocycles. The maximum Gasteiger partial charge on any atom is 0.473 e. The summed E-state index contributed by atoms with van der Waals surface area (Å²) >= 11 is 0. The Labute approximate surface area is 233 Å². The lowest BCUT2D eigenvalue weighted by Gasteiger charge is -2.43. The molecule has 3 aromatic heterocycles. The van der Waals surface area contributed by atoms with Gasteiger partial charge in [-0.15, -0.1) is 0 Å². The average Bonchev–Trinajstić information content (AvgIpc) is 3.29. The normalized spacial score (nSPS) is 14.6. The van der Waals surface area contributed by atoms with Crippen LogP contribution >= 0.6 is 0 Å². The number of fused-ring (bicyclic) bond motifs is 3. The SMILES string of the molecule is CCOc1nn(-c2ccc(C3(NC(=O)OC(C)(C)C)CCC3)cc2)c2c3cc(-c4ccccc4)cnc3cc[n+]12. The molecule has 0 bridgehead atoms. The first-order valence-corrected chi connectivity index (χ1v) is 13.8. The molecule has 1 N–H and O–H groups in total. The van der Waals surface area contributed by atoms with Gasteiger partial charge in [-0.1, -0.05) is 47.1 Å². The molecule has 0 radical (unpaired) electrons. The first-order chi connectivity index (χ1) is 19.3. The number of nitrogens with zero attached hydrogens (tertiary/aromatic N) is 4. The molecule has 1 aliphatic carbocycles. The van der Waals surface area contributed by atoms with Crippen LogP contribution in [0.1, 0.15) is 52.5 Å². The van der Waals surface area contributed by atoms with Gasteiger partial charge in [-0.3, -0.25) is 4.98 Å². The molecule has 6 rings (SSSR count). The smallest absolute Gasteiger partial charge is 0.444 e. The zero-order valence-electron chi connectivity index (χ0n) is 23.3. The standard InChI is InChI=1S/C32H33N5O3/c1-5-39-29-35-37(25-14-12-24(13-15-25)32(17-9-18-32)34-30(38)40-31(2,3)4)28-26-20-23(22-10-7-6-8-11-22)21-33-27(26)16-19-36(28)29/h6-8,10-16,19-21H,5,9,17-18H2,1-4H3/p+1. The van der Waals surface area contributed by atoms with Gasteiger partial charge in [0.1, 0.15) is 11.3 Å². The van der Waals surface area contributed by atoms with Crippen LogP contribution in [0.15, 0.2) is 79.1 Å².